The molecule has 80 valence electrons. The molecule has 1 atom stereocenters. The van der Waals surface area contributed by atoms with Crippen molar-refractivity contribution in [3.63, 3.8) is 0 Å². The van der Waals surface area contributed by atoms with Gasteiger partial charge in [0, 0.05) is 18.8 Å². The Morgan fingerprint density at radius 3 is 3.00 bits per heavy atom. The maximum Gasteiger partial charge on any atom is 0.305 e. The monoisotopic (exact) mass is 205 g/mol. The van der Waals surface area contributed by atoms with Crippen LogP contribution in [0.4, 0.5) is 5.69 Å². The summed E-state index contributed by atoms with van der Waals surface area (Å²) < 4.78 is 0. The molecule has 1 heterocycles. The van der Waals surface area contributed by atoms with Gasteiger partial charge in [-0.25, -0.2) is 0 Å². The molecule has 0 bridgehead atoms. The lowest BCUT2D eigenvalue weighted by Crippen LogP contribution is -2.30. The van der Waals surface area contributed by atoms with E-state index in [0.717, 1.165) is 6.42 Å². The van der Waals surface area contributed by atoms with Gasteiger partial charge in [0.25, 0.3) is 0 Å². The molecule has 0 aliphatic carbocycles. The molecule has 1 aromatic carbocycles. The summed E-state index contributed by atoms with van der Waals surface area (Å²) in [4.78, 5) is 12.8. The summed E-state index contributed by atoms with van der Waals surface area (Å²) in [5, 5.41) is 8.80. The molecule has 0 aromatic heterocycles. The number of hydrogen-bond acceptors (Lipinski definition) is 2. The number of carboxylic acid groups (broad SMARTS) is 1. The molecular formula is C12H15NO2. The molecule has 0 radical (unpaired) electrons. The van der Waals surface area contributed by atoms with E-state index in [1.165, 1.54) is 16.8 Å². The number of aryl methyl sites for hydroxylation is 1. The minimum atomic E-state index is -0.726. The smallest absolute Gasteiger partial charge is 0.305 e. The molecule has 1 aliphatic rings. The Morgan fingerprint density at radius 2 is 2.33 bits per heavy atom. The summed E-state index contributed by atoms with van der Waals surface area (Å²) in [6, 6.07) is 6.40. The highest BCUT2D eigenvalue weighted by Crippen LogP contribution is 2.32. The number of fused-ring (bicyclic) bond motifs is 1. The van der Waals surface area contributed by atoms with Crippen LogP contribution >= 0.6 is 0 Å². The van der Waals surface area contributed by atoms with Gasteiger partial charge >= 0.3 is 5.97 Å². The second kappa shape index (κ2) is 3.57. The predicted molar refractivity (Wildman–Crippen MR) is 59.3 cm³/mol. The second-order valence-electron chi connectivity index (χ2n) is 4.20. The van der Waals surface area contributed by atoms with Gasteiger partial charge in [0.05, 0.1) is 6.42 Å². The van der Waals surface area contributed by atoms with E-state index in [-0.39, 0.29) is 12.5 Å². The largest absolute Gasteiger partial charge is 0.481 e. The first-order valence-corrected chi connectivity index (χ1v) is 5.12. The van der Waals surface area contributed by atoms with E-state index in [1.807, 2.05) is 7.05 Å². The summed E-state index contributed by atoms with van der Waals surface area (Å²) in [5.74, 6) is -0.726. The lowest BCUT2D eigenvalue weighted by atomic mass is 10.1. The highest BCUT2D eigenvalue weighted by molar-refractivity contribution is 5.70. The van der Waals surface area contributed by atoms with Gasteiger partial charge in [-0.2, -0.15) is 0 Å². The molecule has 0 fully saturated rings. The van der Waals surface area contributed by atoms with Crippen LogP contribution in [0, 0.1) is 6.92 Å². The molecule has 1 aromatic rings. The van der Waals surface area contributed by atoms with Crippen molar-refractivity contribution in [3.05, 3.63) is 29.3 Å². The zero-order valence-electron chi connectivity index (χ0n) is 9.03. The van der Waals surface area contributed by atoms with Crippen molar-refractivity contribution in [2.75, 3.05) is 11.9 Å². The van der Waals surface area contributed by atoms with Crippen LogP contribution in [0.1, 0.15) is 17.5 Å². The van der Waals surface area contributed by atoms with Crippen LogP contribution in [0.25, 0.3) is 0 Å². The van der Waals surface area contributed by atoms with Crippen LogP contribution in [-0.4, -0.2) is 24.2 Å². The van der Waals surface area contributed by atoms with Crippen molar-refractivity contribution in [2.24, 2.45) is 0 Å². The van der Waals surface area contributed by atoms with E-state index < -0.39 is 5.97 Å². The number of anilines is 1. The summed E-state index contributed by atoms with van der Waals surface area (Å²) in [7, 11) is 1.97. The minimum absolute atomic E-state index is 0.110. The Morgan fingerprint density at radius 1 is 1.60 bits per heavy atom. The van der Waals surface area contributed by atoms with E-state index in [4.69, 9.17) is 5.11 Å². The fraction of sp³-hybridized carbons (Fsp3) is 0.417. The molecule has 0 spiro atoms. The summed E-state index contributed by atoms with van der Waals surface area (Å²) in [6.07, 6.45) is 1.06. The fourth-order valence-electron chi connectivity index (χ4n) is 2.22. The Labute approximate surface area is 89.3 Å². The first-order chi connectivity index (χ1) is 7.08. The average Bonchev–Trinajstić information content (AvgIpc) is 2.42. The number of hydrogen-bond donors (Lipinski definition) is 1. The lowest BCUT2D eigenvalue weighted by molar-refractivity contribution is -0.137. The quantitative estimate of drug-likeness (QED) is 0.800. The Bertz CT molecular complexity index is 401. The topological polar surface area (TPSA) is 40.5 Å². The van der Waals surface area contributed by atoms with Gasteiger partial charge in [-0.15, -0.1) is 0 Å². The van der Waals surface area contributed by atoms with Crippen LogP contribution in [0.2, 0.25) is 0 Å². The SMILES string of the molecule is Cc1ccc2c(c1)CC(CC(=O)O)N2C. The standard InChI is InChI=1S/C12H15NO2/c1-8-3-4-11-9(5-8)6-10(13(11)2)7-12(14)15/h3-5,10H,6-7H2,1-2H3,(H,14,15). The molecule has 0 saturated heterocycles. The third-order valence-electron chi connectivity index (χ3n) is 3.03. The van der Waals surface area contributed by atoms with Crippen molar-refractivity contribution in [3.8, 4) is 0 Å². The van der Waals surface area contributed by atoms with Crippen LogP contribution in [0.15, 0.2) is 18.2 Å². The van der Waals surface area contributed by atoms with Gasteiger partial charge in [0.2, 0.25) is 0 Å². The van der Waals surface area contributed by atoms with E-state index in [1.54, 1.807) is 0 Å². The van der Waals surface area contributed by atoms with E-state index >= 15 is 0 Å². The van der Waals surface area contributed by atoms with Crippen LogP contribution < -0.4 is 4.90 Å². The summed E-state index contributed by atoms with van der Waals surface area (Å²) in [6.45, 7) is 2.06. The Kier molecular flexibility index (Phi) is 2.39. The maximum absolute atomic E-state index is 10.7. The third kappa shape index (κ3) is 1.82. The van der Waals surface area contributed by atoms with Crippen molar-refractivity contribution in [1.29, 1.82) is 0 Å². The van der Waals surface area contributed by atoms with Crippen molar-refractivity contribution >= 4 is 11.7 Å². The Balaban J connectivity index is 2.25. The molecule has 0 saturated carbocycles. The normalized spacial score (nSPS) is 19.1. The number of carbonyl (C=O) groups is 1. The minimum Gasteiger partial charge on any atom is -0.481 e. The molecule has 3 heteroatoms. The molecule has 0 amide bonds. The predicted octanol–water partition coefficient (Wildman–Crippen LogP) is 1.83. The van der Waals surface area contributed by atoms with Gasteiger partial charge in [-0.3, -0.25) is 4.79 Å². The zero-order chi connectivity index (χ0) is 11.0. The Hall–Kier alpha value is -1.51. The first kappa shape index (κ1) is 10.0. The van der Waals surface area contributed by atoms with Gasteiger partial charge in [0.15, 0.2) is 0 Å². The van der Waals surface area contributed by atoms with Gasteiger partial charge in [0.1, 0.15) is 0 Å². The molecule has 1 N–H and O–H groups in total. The second-order valence-corrected chi connectivity index (χ2v) is 4.20. The molecule has 2 rings (SSSR count). The van der Waals surface area contributed by atoms with E-state index in [9.17, 15) is 4.79 Å². The molecule has 1 aliphatic heterocycles. The highest BCUT2D eigenvalue weighted by Gasteiger charge is 2.27. The number of aliphatic carboxylic acids is 1. The van der Waals surface area contributed by atoms with Crippen LogP contribution in [0.3, 0.4) is 0 Å². The van der Waals surface area contributed by atoms with Crippen LogP contribution in [0.5, 0.6) is 0 Å². The average molecular weight is 205 g/mol. The van der Waals surface area contributed by atoms with Gasteiger partial charge in [-0.1, -0.05) is 17.7 Å². The lowest BCUT2D eigenvalue weighted by Gasteiger charge is -2.20. The molecular weight excluding hydrogens is 190 g/mol. The van der Waals surface area contributed by atoms with Gasteiger partial charge < -0.3 is 10.0 Å². The number of nitrogens with zero attached hydrogens (tertiary/aromatic N) is 1. The third-order valence-corrected chi connectivity index (χ3v) is 3.03. The fourth-order valence-corrected chi connectivity index (χ4v) is 2.22. The number of likely N-dealkylation sites (N-methyl/N-ethyl adjacent to an activating group) is 1. The van der Waals surface area contributed by atoms with Crippen molar-refractivity contribution in [1.82, 2.24) is 0 Å². The summed E-state index contributed by atoms with van der Waals surface area (Å²) in [5.41, 5.74) is 3.67. The number of carboxylic acids is 1. The number of benzene rings is 1. The van der Waals surface area contributed by atoms with E-state index in [0.29, 0.717) is 0 Å². The zero-order valence-corrected chi connectivity index (χ0v) is 9.03. The highest BCUT2D eigenvalue weighted by atomic mass is 16.4. The molecule has 3 nitrogen and oxygen atoms in total. The summed E-state index contributed by atoms with van der Waals surface area (Å²) >= 11 is 0. The molecule has 15 heavy (non-hydrogen) atoms. The van der Waals surface area contributed by atoms with Gasteiger partial charge in [-0.05, 0) is 25.0 Å². The van der Waals surface area contributed by atoms with Crippen molar-refractivity contribution < 1.29 is 9.90 Å². The maximum atomic E-state index is 10.7. The molecule has 1 unspecified atom stereocenters. The van der Waals surface area contributed by atoms with Crippen LogP contribution in [-0.2, 0) is 11.2 Å². The van der Waals surface area contributed by atoms with Crippen molar-refractivity contribution in [2.45, 2.75) is 25.8 Å². The van der Waals surface area contributed by atoms with E-state index in [2.05, 4.69) is 30.0 Å². The number of rotatable bonds is 2. The first-order valence-electron chi connectivity index (χ1n) is 5.12.